The maximum Gasteiger partial charge on any atom is 0.407 e. The summed E-state index contributed by atoms with van der Waals surface area (Å²) in [6.07, 6.45) is -0.565. The van der Waals surface area contributed by atoms with Gasteiger partial charge in [0.1, 0.15) is 5.75 Å². The molecule has 0 aliphatic heterocycles. The number of hydrogen-bond acceptors (Lipinski definition) is 4. The van der Waals surface area contributed by atoms with E-state index in [1.165, 1.54) is 0 Å². The van der Waals surface area contributed by atoms with E-state index in [0.29, 0.717) is 18.0 Å². The second-order valence-corrected chi connectivity index (χ2v) is 3.88. The van der Waals surface area contributed by atoms with Crippen LogP contribution in [0.25, 0.3) is 0 Å². The van der Waals surface area contributed by atoms with Crippen molar-refractivity contribution in [3.05, 3.63) is 23.8 Å². The Kier molecular flexibility index (Phi) is 4.63. The zero-order chi connectivity index (χ0) is 12.8. The van der Waals surface area contributed by atoms with Gasteiger partial charge in [-0.1, -0.05) is 6.07 Å². The standard InChI is InChI=1S/C12H18N2O3/c1-8(2)17-12(15)14-7-9-4-5-11(16-3)10(13)6-9/h4-6,8H,7,13H2,1-3H3,(H,14,15). The van der Waals surface area contributed by atoms with Gasteiger partial charge in [0.25, 0.3) is 0 Å². The van der Waals surface area contributed by atoms with Gasteiger partial charge < -0.3 is 20.5 Å². The highest BCUT2D eigenvalue weighted by Gasteiger charge is 2.05. The van der Waals surface area contributed by atoms with Gasteiger partial charge in [-0.2, -0.15) is 0 Å². The molecule has 0 aromatic heterocycles. The van der Waals surface area contributed by atoms with Gasteiger partial charge in [0.05, 0.1) is 18.9 Å². The fourth-order valence-electron chi connectivity index (χ4n) is 1.32. The predicted octanol–water partition coefficient (Wildman–Crippen LogP) is 1.91. The highest BCUT2D eigenvalue weighted by Crippen LogP contribution is 2.21. The number of alkyl carbamates (subject to hydrolysis) is 1. The Morgan fingerprint density at radius 2 is 2.18 bits per heavy atom. The van der Waals surface area contributed by atoms with E-state index >= 15 is 0 Å². The van der Waals surface area contributed by atoms with E-state index in [9.17, 15) is 4.79 Å². The fourth-order valence-corrected chi connectivity index (χ4v) is 1.32. The van der Waals surface area contributed by atoms with Crippen molar-refractivity contribution in [2.75, 3.05) is 12.8 Å². The van der Waals surface area contributed by atoms with Gasteiger partial charge in [0.2, 0.25) is 0 Å². The van der Waals surface area contributed by atoms with Crippen LogP contribution < -0.4 is 15.8 Å². The van der Waals surface area contributed by atoms with Crippen molar-refractivity contribution in [2.24, 2.45) is 0 Å². The van der Waals surface area contributed by atoms with Gasteiger partial charge in [-0.25, -0.2) is 4.79 Å². The van der Waals surface area contributed by atoms with Gasteiger partial charge in [-0.3, -0.25) is 0 Å². The molecular weight excluding hydrogens is 220 g/mol. The molecule has 5 heteroatoms. The van der Waals surface area contributed by atoms with E-state index in [1.54, 1.807) is 33.1 Å². The average Bonchev–Trinajstić information content (AvgIpc) is 2.25. The number of carbonyl (C=O) groups is 1. The second-order valence-electron chi connectivity index (χ2n) is 3.88. The molecular formula is C12H18N2O3. The van der Waals surface area contributed by atoms with Crippen molar-refractivity contribution >= 4 is 11.8 Å². The molecule has 0 unspecified atom stereocenters. The molecule has 94 valence electrons. The van der Waals surface area contributed by atoms with Crippen molar-refractivity contribution in [1.29, 1.82) is 0 Å². The number of benzene rings is 1. The van der Waals surface area contributed by atoms with Crippen LogP contribution in [0.4, 0.5) is 10.5 Å². The van der Waals surface area contributed by atoms with E-state index in [2.05, 4.69) is 5.32 Å². The molecule has 0 bridgehead atoms. The Labute approximate surface area is 101 Å². The van der Waals surface area contributed by atoms with Gasteiger partial charge in [-0.05, 0) is 31.5 Å². The first kappa shape index (κ1) is 13.2. The first-order chi connectivity index (χ1) is 8.02. The highest BCUT2D eigenvalue weighted by molar-refractivity contribution is 5.67. The Morgan fingerprint density at radius 1 is 1.47 bits per heavy atom. The number of amides is 1. The van der Waals surface area contributed by atoms with Crippen molar-refractivity contribution in [3.63, 3.8) is 0 Å². The Balaban J connectivity index is 2.52. The fraction of sp³-hybridized carbons (Fsp3) is 0.417. The van der Waals surface area contributed by atoms with E-state index in [-0.39, 0.29) is 6.10 Å². The summed E-state index contributed by atoms with van der Waals surface area (Å²) < 4.78 is 9.98. The van der Waals surface area contributed by atoms with Crippen molar-refractivity contribution in [3.8, 4) is 5.75 Å². The summed E-state index contributed by atoms with van der Waals surface area (Å²) in [4.78, 5) is 11.2. The molecule has 1 aromatic carbocycles. The summed E-state index contributed by atoms with van der Waals surface area (Å²) in [6, 6.07) is 5.36. The average molecular weight is 238 g/mol. The monoisotopic (exact) mass is 238 g/mol. The molecule has 0 radical (unpaired) electrons. The number of anilines is 1. The van der Waals surface area contributed by atoms with Crippen LogP contribution in [0, 0.1) is 0 Å². The number of nitrogens with two attached hydrogens (primary N) is 1. The summed E-state index contributed by atoms with van der Waals surface area (Å²) in [7, 11) is 1.56. The van der Waals surface area contributed by atoms with Gasteiger partial charge in [0, 0.05) is 6.54 Å². The molecule has 0 aliphatic carbocycles. The molecule has 5 nitrogen and oxygen atoms in total. The molecule has 1 amide bonds. The van der Waals surface area contributed by atoms with Gasteiger partial charge in [-0.15, -0.1) is 0 Å². The molecule has 0 aliphatic rings. The molecule has 0 atom stereocenters. The van der Waals surface area contributed by atoms with Crippen molar-refractivity contribution in [2.45, 2.75) is 26.5 Å². The minimum absolute atomic E-state index is 0.129. The summed E-state index contributed by atoms with van der Waals surface area (Å²) in [5.74, 6) is 0.624. The highest BCUT2D eigenvalue weighted by atomic mass is 16.6. The molecule has 17 heavy (non-hydrogen) atoms. The molecule has 0 fully saturated rings. The van der Waals surface area contributed by atoms with Crippen molar-refractivity contribution in [1.82, 2.24) is 5.32 Å². The summed E-state index contributed by atoms with van der Waals surface area (Å²) in [6.45, 7) is 3.97. The lowest BCUT2D eigenvalue weighted by Gasteiger charge is -2.10. The molecule has 0 spiro atoms. The van der Waals surface area contributed by atoms with E-state index in [4.69, 9.17) is 15.2 Å². The van der Waals surface area contributed by atoms with Crippen LogP contribution in [0.3, 0.4) is 0 Å². The van der Waals surface area contributed by atoms with Crippen molar-refractivity contribution < 1.29 is 14.3 Å². The maximum atomic E-state index is 11.2. The molecule has 1 aromatic rings. The summed E-state index contributed by atoms with van der Waals surface area (Å²) >= 11 is 0. The normalized spacial score (nSPS) is 10.1. The van der Waals surface area contributed by atoms with E-state index in [0.717, 1.165) is 5.56 Å². The first-order valence-electron chi connectivity index (χ1n) is 5.39. The SMILES string of the molecule is COc1ccc(CNC(=O)OC(C)C)cc1N. The lowest BCUT2D eigenvalue weighted by molar-refractivity contribution is 0.115. The minimum atomic E-state index is -0.436. The number of rotatable bonds is 4. The minimum Gasteiger partial charge on any atom is -0.495 e. The van der Waals surface area contributed by atoms with Crippen LogP contribution in [-0.2, 0) is 11.3 Å². The number of methoxy groups -OCH3 is 1. The maximum absolute atomic E-state index is 11.2. The quantitative estimate of drug-likeness (QED) is 0.786. The molecule has 3 N–H and O–H groups in total. The van der Waals surface area contributed by atoms with Crippen LogP contribution in [0.2, 0.25) is 0 Å². The van der Waals surface area contributed by atoms with Gasteiger partial charge in [0.15, 0.2) is 0 Å². The molecule has 0 saturated carbocycles. The van der Waals surface area contributed by atoms with Crippen LogP contribution >= 0.6 is 0 Å². The predicted molar refractivity (Wildman–Crippen MR) is 65.9 cm³/mol. The number of ether oxygens (including phenoxy) is 2. The lowest BCUT2D eigenvalue weighted by atomic mass is 10.2. The van der Waals surface area contributed by atoms with Crippen LogP contribution in [-0.4, -0.2) is 19.3 Å². The third-order valence-corrected chi connectivity index (χ3v) is 2.07. The first-order valence-corrected chi connectivity index (χ1v) is 5.39. The smallest absolute Gasteiger partial charge is 0.407 e. The zero-order valence-electron chi connectivity index (χ0n) is 10.3. The van der Waals surface area contributed by atoms with Crippen LogP contribution in [0.5, 0.6) is 5.75 Å². The Bertz CT molecular complexity index is 391. The van der Waals surface area contributed by atoms with Crippen LogP contribution in [0.15, 0.2) is 18.2 Å². The third kappa shape index (κ3) is 4.22. The molecule has 0 heterocycles. The Hall–Kier alpha value is -1.91. The molecule has 0 saturated heterocycles. The Morgan fingerprint density at radius 3 is 2.71 bits per heavy atom. The topological polar surface area (TPSA) is 73.6 Å². The number of nitrogens with one attached hydrogen (secondary N) is 1. The van der Waals surface area contributed by atoms with E-state index < -0.39 is 6.09 Å². The lowest BCUT2D eigenvalue weighted by Crippen LogP contribution is -2.26. The summed E-state index contributed by atoms with van der Waals surface area (Å²) in [5, 5.41) is 2.64. The molecule has 1 rings (SSSR count). The van der Waals surface area contributed by atoms with Gasteiger partial charge >= 0.3 is 6.09 Å². The third-order valence-electron chi connectivity index (χ3n) is 2.07. The second kappa shape index (κ2) is 5.98. The number of carbonyl (C=O) groups excluding carboxylic acids is 1. The number of hydrogen-bond donors (Lipinski definition) is 2. The largest absolute Gasteiger partial charge is 0.495 e. The van der Waals surface area contributed by atoms with E-state index in [1.807, 2.05) is 6.07 Å². The zero-order valence-corrected chi connectivity index (χ0v) is 10.3. The number of nitrogen functional groups attached to an aromatic ring is 1. The summed E-state index contributed by atoms with van der Waals surface area (Å²) in [5.41, 5.74) is 7.19. The van der Waals surface area contributed by atoms with Crippen LogP contribution in [0.1, 0.15) is 19.4 Å².